The predicted molar refractivity (Wildman–Crippen MR) is 103 cm³/mol. The van der Waals surface area contributed by atoms with Crippen LogP contribution in [-0.2, 0) is 13.6 Å². The van der Waals surface area contributed by atoms with E-state index >= 15 is 0 Å². The monoisotopic (exact) mass is 375 g/mol. The Morgan fingerprint density at radius 2 is 2.08 bits per heavy atom. The van der Waals surface area contributed by atoms with E-state index in [1.807, 2.05) is 41.4 Å². The van der Waals surface area contributed by atoms with Gasteiger partial charge in [-0.2, -0.15) is 5.10 Å². The van der Waals surface area contributed by atoms with E-state index in [1.165, 1.54) is 0 Å². The normalized spacial score (nSPS) is 18.0. The van der Waals surface area contributed by atoms with E-state index in [0.717, 1.165) is 59.0 Å². The molecular weight excluding hydrogens is 354 g/mol. The molecule has 0 spiro atoms. The third-order valence-corrected chi connectivity index (χ3v) is 6.44. The summed E-state index contributed by atoms with van der Waals surface area (Å²) in [6.45, 7) is 2.77. The van der Waals surface area contributed by atoms with Crippen molar-refractivity contribution in [1.29, 1.82) is 0 Å². The molecule has 25 heavy (non-hydrogen) atoms. The number of thiophene rings is 1. The lowest BCUT2D eigenvalue weighted by Gasteiger charge is -2.33. The molecule has 0 aliphatic carbocycles. The molecule has 132 valence electrons. The van der Waals surface area contributed by atoms with Crippen LogP contribution < -0.4 is 0 Å². The molecule has 1 aromatic carbocycles. The Hall–Kier alpha value is -1.40. The molecule has 6 heteroatoms. The maximum atomic E-state index is 10.6. The molecule has 1 fully saturated rings. The number of piperidine rings is 1. The van der Waals surface area contributed by atoms with Crippen LogP contribution in [0.3, 0.4) is 0 Å². The van der Waals surface area contributed by atoms with E-state index in [9.17, 15) is 5.11 Å². The van der Waals surface area contributed by atoms with Crippen LogP contribution in [0.2, 0.25) is 5.02 Å². The lowest BCUT2D eigenvalue weighted by molar-refractivity contribution is 0.0588. The number of benzene rings is 1. The molecule has 1 aliphatic heterocycles. The van der Waals surface area contributed by atoms with E-state index < -0.39 is 0 Å². The molecule has 0 saturated carbocycles. The fourth-order valence-corrected chi connectivity index (χ4v) is 4.88. The highest BCUT2D eigenvalue weighted by atomic mass is 35.5. The predicted octanol–water partition coefficient (Wildman–Crippen LogP) is 4.23. The lowest BCUT2D eigenvalue weighted by atomic mass is 9.90. The SMILES string of the molecule is Cn1nc(CN2CCC(C(O)c3cccs3)CC2)c2c(Cl)cccc21. The minimum absolute atomic E-state index is 0.327. The molecule has 1 aliphatic rings. The summed E-state index contributed by atoms with van der Waals surface area (Å²) < 4.78 is 1.91. The first-order valence-corrected chi connectivity index (χ1v) is 9.93. The second-order valence-electron chi connectivity index (χ2n) is 6.78. The van der Waals surface area contributed by atoms with Crippen LogP contribution in [0.5, 0.6) is 0 Å². The van der Waals surface area contributed by atoms with E-state index in [1.54, 1.807) is 11.3 Å². The van der Waals surface area contributed by atoms with Gasteiger partial charge in [-0.15, -0.1) is 11.3 Å². The molecular formula is C19H22ClN3OS. The van der Waals surface area contributed by atoms with Crippen LogP contribution in [-0.4, -0.2) is 32.9 Å². The fourth-order valence-electron chi connectivity index (χ4n) is 3.79. The van der Waals surface area contributed by atoms with Gasteiger partial charge in [-0.05, 0) is 55.4 Å². The van der Waals surface area contributed by atoms with Gasteiger partial charge >= 0.3 is 0 Å². The molecule has 3 aromatic rings. The van der Waals surface area contributed by atoms with Gasteiger partial charge in [0.05, 0.1) is 22.3 Å². The van der Waals surface area contributed by atoms with E-state index in [0.29, 0.717) is 5.92 Å². The number of likely N-dealkylation sites (tertiary alicyclic amines) is 1. The van der Waals surface area contributed by atoms with Crippen LogP contribution >= 0.6 is 22.9 Å². The number of hydrogen-bond donors (Lipinski definition) is 1. The van der Waals surface area contributed by atoms with Crippen LogP contribution in [0.25, 0.3) is 10.9 Å². The van der Waals surface area contributed by atoms with Crippen LogP contribution in [0.15, 0.2) is 35.7 Å². The maximum absolute atomic E-state index is 10.6. The molecule has 0 radical (unpaired) electrons. The number of aromatic nitrogens is 2. The highest BCUT2D eigenvalue weighted by molar-refractivity contribution is 7.10. The summed E-state index contributed by atoms with van der Waals surface area (Å²) in [5.41, 5.74) is 2.12. The summed E-state index contributed by atoms with van der Waals surface area (Å²) in [7, 11) is 1.96. The molecule has 4 nitrogen and oxygen atoms in total. The third-order valence-electron chi connectivity index (χ3n) is 5.19. The molecule has 1 N–H and O–H groups in total. The van der Waals surface area contributed by atoms with Crippen molar-refractivity contribution in [2.75, 3.05) is 13.1 Å². The van der Waals surface area contributed by atoms with E-state index in [4.69, 9.17) is 11.6 Å². The second-order valence-corrected chi connectivity index (χ2v) is 8.16. The number of nitrogens with zero attached hydrogens (tertiary/aromatic N) is 3. The van der Waals surface area contributed by atoms with Gasteiger partial charge in [0.2, 0.25) is 0 Å². The smallest absolute Gasteiger partial charge is 0.0910 e. The zero-order valence-corrected chi connectivity index (χ0v) is 15.8. The van der Waals surface area contributed by atoms with Gasteiger partial charge in [0.25, 0.3) is 0 Å². The van der Waals surface area contributed by atoms with Crippen molar-refractivity contribution in [3.8, 4) is 0 Å². The number of aliphatic hydroxyl groups is 1. The molecule has 4 rings (SSSR count). The zero-order chi connectivity index (χ0) is 17.4. The Labute approximate surface area is 156 Å². The van der Waals surface area contributed by atoms with Crippen molar-refractivity contribution in [2.24, 2.45) is 13.0 Å². The zero-order valence-electron chi connectivity index (χ0n) is 14.2. The number of aryl methyl sites for hydroxylation is 1. The highest BCUT2D eigenvalue weighted by Crippen LogP contribution is 2.34. The Kier molecular flexibility index (Phi) is 4.82. The number of rotatable bonds is 4. The van der Waals surface area contributed by atoms with Gasteiger partial charge in [-0.25, -0.2) is 0 Å². The minimum Gasteiger partial charge on any atom is -0.387 e. The van der Waals surface area contributed by atoms with Crippen LogP contribution in [0.1, 0.15) is 29.5 Å². The molecule has 2 aromatic heterocycles. The van der Waals surface area contributed by atoms with Crippen LogP contribution in [0, 0.1) is 5.92 Å². The van der Waals surface area contributed by atoms with Gasteiger partial charge < -0.3 is 5.11 Å². The summed E-state index contributed by atoms with van der Waals surface area (Å²) in [4.78, 5) is 3.50. The summed E-state index contributed by atoms with van der Waals surface area (Å²) in [5, 5.41) is 19.1. The van der Waals surface area contributed by atoms with Gasteiger partial charge in [0.1, 0.15) is 0 Å². The van der Waals surface area contributed by atoms with E-state index in [-0.39, 0.29) is 6.10 Å². The lowest BCUT2D eigenvalue weighted by Crippen LogP contribution is -2.35. The number of halogens is 1. The molecule has 1 saturated heterocycles. The van der Waals surface area contributed by atoms with Gasteiger partial charge in [-0.1, -0.05) is 23.7 Å². The molecule has 1 atom stereocenters. The summed E-state index contributed by atoms with van der Waals surface area (Å²) in [6.07, 6.45) is 1.70. The second kappa shape index (κ2) is 7.08. The number of aliphatic hydroxyl groups excluding tert-OH is 1. The average molecular weight is 376 g/mol. The Bertz CT molecular complexity index is 853. The molecule has 0 bridgehead atoms. The quantitative estimate of drug-likeness (QED) is 0.741. The van der Waals surface area contributed by atoms with Crippen LogP contribution in [0.4, 0.5) is 0 Å². The Morgan fingerprint density at radius 3 is 2.80 bits per heavy atom. The summed E-state index contributed by atoms with van der Waals surface area (Å²) in [6, 6.07) is 9.99. The molecule has 0 amide bonds. The van der Waals surface area contributed by atoms with Gasteiger partial charge in [-0.3, -0.25) is 9.58 Å². The minimum atomic E-state index is -0.327. The Morgan fingerprint density at radius 1 is 1.28 bits per heavy atom. The molecule has 1 unspecified atom stereocenters. The van der Waals surface area contributed by atoms with Crippen molar-refractivity contribution in [3.05, 3.63) is 51.3 Å². The van der Waals surface area contributed by atoms with Crippen molar-refractivity contribution in [1.82, 2.24) is 14.7 Å². The van der Waals surface area contributed by atoms with Crippen molar-refractivity contribution >= 4 is 33.8 Å². The van der Waals surface area contributed by atoms with Crippen molar-refractivity contribution in [3.63, 3.8) is 0 Å². The van der Waals surface area contributed by atoms with Gasteiger partial charge in [0.15, 0.2) is 0 Å². The topological polar surface area (TPSA) is 41.3 Å². The number of hydrogen-bond acceptors (Lipinski definition) is 4. The highest BCUT2D eigenvalue weighted by Gasteiger charge is 2.27. The Balaban J connectivity index is 1.44. The largest absolute Gasteiger partial charge is 0.387 e. The van der Waals surface area contributed by atoms with Crippen molar-refractivity contribution in [2.45, 2.75) is 25.5 Å². The summed E-state index contributed by atoms with van der Waals surface area (Å²) in [5.74, 6) is 0.346. The summed E-state index contributed by atoms with van der Waals surface area (Å²) >= 11 is 8.05. The molecule has 3 heterocycles. The maximum Gasteiger partial charge on any atom is 0.0910 e. The van der Waals surface area contributed by atoms with E-state index in [2.05, 4.69) is 16.1 Å². The van der Waals surface area contributed by atoms with Crippen molar-refractivity contribution < 1.29 is 5.11 Å². The average Bonchev–Trinajstić information content (AvgIpc) is 3.25. The first-order chi connectivity index (χ1) is 12.1. The first kappa shape index (κ1) is 17.0. The number of fused-ring (bicyclic) bond motifs is 1. The first-order valence-electron chi connectivity index (χ1n) is 8.67. The fraction of sp³-hybridized carbons (Fsp3) is 0.421. The van der Waals surface area contributed by atoms with Gasteiger partial charge in [0, 0.05) is 23.9 Å². The third kappa shape index (κ3) is 3.34. The standard InChI is InChI=1S/C19H22ClN3OS/c1-22-16-5-2-4-14(20)18(16)15(21-22)12-23-9-7-13(8-10-23)19(24)17-6-3-11-25-17/h2-6,11,13,19,24H,7-10,12H2,1H3.